The van der Waals surface area contributed by atoms with Gasteiger partial charge in [0, 0.05) is 17.2 Å². The van der Waals surface area contributed by atoms with E-state index in [0.717, 1.165) is 5.56 Å². The third-order valence-electron chi connectivity index (χ3n) is 4.82. The number of esters is 1. The molecule has 0 spiro atoms. The highest BCUT2D eigenvalue weighted by molar-refractivity contribution is 5.83. The number of carbonyl (C=O) groups excluding carboxylic acids is 1. The van der Waals surface area contributed by atoms with E-state index < -0.39 is 12.1 Å². The van der Waals surface area contributed by atoms with Crippen molar-refractivity contribution in [1.82, 2.24) is 14.5 Å². The molecule has 0 saturated carbocycles. The van der Waals surface area contributed by atoms with Crippen molar-refractivity contribution in [1.29, 1.82) is 0 Å². The van der Waals surface area contributed by atoms with Gasteiger partial charge in [0.25, 0.3) is 5.56 Å². The molecule has 0 aromatic carbocycles. The standard InChI is InChI=1S/C18H13N3O5.C2H6/c1-25-14-3-2-11-12(19-14)4-8-6-21-13(15(8)20-11)5-9-10(17(21)23)7-26-18(24)16(9)22;1-2/h2-5,16,22H,6-7H2,1H3;1-2H3. The van der Waals surface area contributed by atoms with E-state index in [1.165, 1.54) is 0 Å². The van der Waals surface area contributed by atoms with Crippen molar-refractivity contribution in [3.8, 4) is 17.3 Å². The van der Waals surface area contributed by atoms with Gasteiger partial charge in [-0.1, -0.05) is 13.8 Å². The van der Waals surface area contributed by atoms with Gasteiger partial charge in [0.15, 0.2) is 6.10 Å². The summed E-state index contributed by atoms with van der Waals surface area (Å²) in [6.07, 6.45) is -1.45. The number of carbonyl (C=O) groups is 1. The van der Waals surface area contributed by atoms with Crippen molar-refractivity contribution in [3.63, 3.8) is 0 Å². The molecule has 8 heteroatoms. The Morgan fingerprint density at radius 1 is 1.18 bits per heavy atom. The topological polar surface area (TPSA) is 104 Å². The van der Waals surface area contributed by atoms with Gasteiger partial charge in [0.05, 0.1) is 41.6 Å². The second-order valence-corrected chi connectivity index (χ2v) is 6.25. The number of methoxy groups -OCH3 is 1. The molecule has 8 nitrogen and oxygen atoms in total. The summed E-state index contributed by atoms with van der Waals surface area (Å²) in [6, 6.07) is 7.05. The fraction of sp³-hybridized carbons (Fsp3) is 0.300. The first-order chi connectivity index (χ1) is 13.6. The lowest BCUT2D eigenvalue weighted by molar-refractivity contribution is -0.157. The number of fused-ring (bicyclic) bond motifs is 5. The van der Waals surface area contributed by atoms with Crippen molar-refractivity contribution in [2.45, 2.75) is 33.1 Å². The number of ether oxygens (including phenoxy) is 2. The summed E-state index contributed by atoms with van der Waals surface area (Å²) in [6.45, 7) is 4.22. The molecule has 2 aliphatic rings. The van der Waals surface area contributed by atoms with Gasteiger partial charge < -0.3 is 19.1 Å². The van der Waals surface area contributed by atoms with Crippen molar-refractivity contribution in [2.24, 2.45) is 0 Å². The molecular formula is C20H19N3O5. The smallest absolute Gasteiger partial charge is 0.340 e. The third kappa shape index (κ3) is 2.56. The van der Waals surface area contributed by atoms with Gasteiger partial charge in [-0.05, 0) is 18.2 Å². The molecule has 0 bridgehead atoms. The van der Waals surface area contributed by atoms with E-state index in [-0.39, 0.29) is 12.2 Å². The Kier molecular flexibility index (Phi) is 4.35. The number of cyclic esters (lactones) is 1. The van der Waals surface area contributed by atoms with E-state index in [9.17, 15) is 14.7 Å². The Morgan fingerprint density at radius 2 is 1.96 bits per heavy atom. The zero-order valence-corrected chi connectivity index (χ0v) is 15.7. The Balaban J connectivity index is 0.000000932. The van der Waals surface area contributed by atoms with E-state index in [1.54, 1.807) is 29.9 Å². The summed E-state index contributed by atoms with van der Waals surface area (Å²) in [5.41, 5.74) is 3.73. The predicted octanol–water partition coefficient (Wildman–Crippen LogP) is 1.95. The molecule has 0 fully saturated rings. The van der Waals surface area contributed by atoms with Gasteiger partial charge in [-0.15, -0.1) is 0 Å². The van der Waals surface area contributed by atoms with Gasteiger partial charge >= 0.3 is 5.97 Å². The molecule has 0 saturated heterocycles. The number of aliphatic hydroxyl groups is 1. The van der Waals surface area contributed by atoms with Crippen LogP contribution in [0, 0.1) is 0 Å². The summed E-state index contributed by atoms with van der Waals surface area (Å²) in [5, 5.41) is 10.1. The van der Waals surface area contributed by atoms with Crippen LogP contribution in [0.15, 0.2) is 29.1 Å². The van der Waals surface area contributed by atoms with E-state index in [1.807, 2.05) is 19.9 Å². The van der Waals surface area contributed by atoms with E-state index in [2.05, 4.69) is 9.97 Å². The Bertz CT molecular complexity index is 1170. The fourth-order valence-corrected chi connectivity index (χ4v) is 3.50. The monoisotopic (exact) mass is 381 g/mol. The van der Waals surface area contributed by atoms with Crippen LogP contribution in [-0.2, 0) is 22.7 Å². The van der Waals surface area contributed by atoms with Gasteiger partial charge in [0.2, 0.25) is 5.88 Å². The Morgan fingerprint density at radius 3 is 2.71 bits per heavy atom. The van der Waals surface area contributed by atoms with Crippen LogP contribution < -0.4 is 10.3 Å². The molecule has 3 aromatic rings. The molecule has 3 aromatic heterocycles. The second kappa shape index (κ2) is 6.72. The summed E-state index contributed by atoms with van der Waals surface area (Å²) in [5.74, 6) is -0.260. The summed E-state index contributed by atoms with van der Waals surface area (Å²) >= 11 is 0. The molecule has 144 valence electrons. The van der Waals surface area contributed by atoms with Crippen LogP contribution in [0.2, 0.25) is 0 Å². The van der Waals surface area contributed by atoms with Gasteiger partial charge in [0.1, 0.15) is 6.61 Å². The summed E-state index contributed by atoms with van der Waals surface area (Å²) in [7, 11) is 1.55. The van der Waals surface area contributed by atoms with Crippen LogP contribution in [0.3, 0.4) is 0 Å². The van der Waals surface area contributed by atoms with Gasteiger partial charge in [-0.3, -0.25) is 4.79 Å². The lowest BCUT2D eigenvalue weighted by atomic mass is 10.0. The van der Waals surface area contributed by atoms with Crippen LogP contribution in [-0.4, -0.2) is 32.7 Å². The quantitative estimate of drug-likeness (QED) is 0.503. The zero-order chi connectivity index (χ0) is 20.0. The first-order valence-corrected chi connectivity index (χ1v) is 9.03. The molecule has 28 heavy (non-hydrogen) atoms. The highest BCUT2D eigenvalue weighted by Gasteiger charge is 2.33. The summed E-state index contributed by atoms with van der Waals surface area (Å²) in [4.78, 5) is 33.5. The first-order valence-electron chi connectivity index (χ1n) is 9.03. The minimum Gasteiger partial charge on any atom is -0.481 e. The number of nitrogens with zero attached hydrogens (tertiary/aromatic N) is 3. The van der Waals surface area contributed by atoms with Gasteiger partial charge in [-0.2, -0.15) is 0 Å². The van der Waals surface area contributed by atoms with Crippen LogP contribution >= 0.6 is 0 Å². The SMILES string of the molecule is CC.COc1ccc2nc3c(cc2n1)Cn1c-3cc2c(c1=O)COC(=O)C2O. The minimum atomic E-state index is -1.45. The maximum absolute atomic E-state index is 12.8. The predicted molar refractivity (Wildman–Crippen MR) is 101 cm³/mol. The fourth-order valence-electron chi connectivity index (χ4n) is 3.50. The van der Waals surface area contributed by atoms with Crippen LogP contribution in [0.25, 0.3) is 22.4 Å². The molecule has 2 aliphatic heterocycles. The first kappa shape index (κ1) is 18.1. The second-order valence-electron chi connectivity index (χ2n) is 6.25. The number of rotatable bonds is 1. The Labute approximate surface area is 160 Å². The van der Waals surface area contributed by atoms with Crippen molar-refractivity contribution >= 4 is 17.0 Å². The van der Waals surface area contributed by atoms with Crippen LogP contribution in [0.5, 0.6) is 5.88 Å². The Hall–Kier alpha value is -3.26. The molecule has 1 atom stereocenters. The normalized spacial score (nSPS) is 16.4. The number of hydrogen-bond donors (Lipinski definition) is 1. The molecule has 0 aliphatic carbocycles. The molecule has 1 N–H and O–H groups in total. The average molecular weight is 381 g/mol. The minimum absolute atomic E-state index is 0.130. The lowest BCUT2D eigenvalue weighted by Gasteiger charge is -2.21. The molecule has 1 unspecified atom stereocenters. The average Bonchev–Trinajstić information content (AvgIpc) is 3.08. The highest BCUT2D eigenvalue weighted by Crippen LogP contribution is 2.35. The van der Waals surface area contributed by atoms with Crippen molar-refractivity contribution in [2.75, 3.05) is 7.11 Å². The maximum Gasteiger partial charge on any atom is 0.340 e. The zero-order valence-electron chi connectivity index (χ0n) is 15.7. The maximum atomic E-state index is 12.8. The number of aliphatic hydroxyl groups excluding tert-OH is 1. The number of pyridine rings is 3. The van der Waals surface area contributed by atoms with Crippen LogP contribution in [0.4, 0.5) is 0 Å². The van der Waals surface area contributed by atoms with Crippen molar-refractivity contribution < 1.29 is 19.4 Å². The largest absolute Gasteiger partial charge is 0.481 e. The van der Waals surface area contributed by atoms with Gasteiger partial charge in [-0.25, -0.2) is 14.8 Å². The third-order valence-corrected chi connectivity index (χ3v) is 4.82. The molecule has 0 radical (unpaired) electrons. The highest BCUT2D eigenvalue weighted by atomic mass is 16.5. The number of aromatic nitrogens is 3. The molecule has 5 rings (SSSR count). The molecular weight excluding hydrogens is 362 g/mol. The molecule has 5 heterocycles. The van der Waals surface area contributed by atoms with E-state index in [0.29, 0.717) is 46.0 Å². The van der Waals surface area contributed by atoms with E-state index in [4.69, 9.17) is 9.47 Å². The van der Waals surface area contributed by atoms with Crippen molar-refractivity contribution in [3.05, 3.63) is 51.3 Å². The lowest BCUT2D eigenvalue weighted by Crippen LogP contribution is -2.32. The molecule has 0 amide bonds. The van der Waals surface area contributed by atoms with E-state index >= 15 is 0 Å². The summed E-state index contributed by atoms with van der Waals surface area (Å²) < 4.78 is 11.6. The van der Waals surface area contributed by atoms with Crippen LogP contribution in [0.1, 0.15) is 36.6 Å². The number of hydrogen-bond acceptors (Lipinski definition) is 7.